The molecule has 0 radical (unpaired) electrons. The second-order valence-corrected chi connectivity index (χ2v) is 18.1. The van der Waals surface area contributed by atoms with Gasteiger partial charge in [0, 0.05) is 6.54 Å². The molecular formula is C40H48N2O9S2. The third-order valence-electron chi connectivity index (χ3n) is 8.73. The quantitative estimate of drug-likeness (QED) is 0.128. The van der Waals surface area contributed by atoms with Crippen molar-refractivity contribution in [2.75, 3.05) is 19.8 Å². The number of ether oxygens (including phenoxy) is 3. The second kappa shape index (κ2) is 16.0. The Morgan fingerprint density at radius 3 is 1.98 bits per heavy atom. The zero-order chi connectivity index (χ0) is 38.6. The molecule has 11 nitrogen and oxygen atoms in total. The van der Waals surface area contributed by atoms with Gasteiger partial charge in [-0.15, -0.1) is 0 Å². The van der Waals surface area contributed by atoms with Crippen molar-refractivity contribution in [2.45, 2.75) is 88.3 Å². The molecule has 0 spiro atoms. The predicted octanol–water partition coefficient (Wildman–Crippen LogP) is 7.39. The lowest BCUT2D eigenvalue weighted by Crippen LogP contribution is -2.54. The minimum atomic E-state index is -4.38. The first-order valence-electron chi connectivity index (χ1n) is 17.3. The molecule has 2 atom stereocenters. The molecule has 1 aliphatic rings. The Morgan fingerprint density at radius 2 is 1.42 bits per heavy atom. The molecule has 4 aromatic rings. The summed E-state index contributed by atoms with van der Waals surface area (Å²) in [5.74, 6) is 0.527. The predicted molar refractivity (Wildman–Crippen MR) is 201 cm³/mol. The smallest absolute Gasteiger partial charge is 0.412 e. The number of amides is 1. The van der Waals surface area contributed by atoms with E-state index < -0.39 is 56.3 Å². The van der Waals surface area contributed by atoms with Crippen LogP contribution in [0.1, 0.15) is 62.9 Å². The van der Waals surface area contributed by atoms with Crippen LogP contribution in [-0.4, -0.2) is 69.3 Å². The van der Waals surface area contributed by atoms with Crippen molar-refractivity contribution in [3.8, 4) is 5.75 Å². The average Bonchev–Trinajstić information content (AvgIpc) is 3.40. The Hall–Kier alpha value is -4.27. The topological polar surface area (TPSA) is 129 Å². The van der Waals surface area contributed by atoms with Crippen molar-refractivity contribution in [3.63, 3.8) is 0 Å². The summed E-state index contributed by atoms with van der Waals surface area (Å²) in [4.78, 5) is 15.0. The van der Waals surface area contributed by atoms with Crippen LogP contribution in [-0.2, 0) is 40.4 Å². The van der Waals surface area contributed by atoms with E-state index in [-0.39, 0.29) is 22.9 Å². The van der Waals surface area contributed by atoms with Crippen molar-refractivity contribution in [1.29, 1.82) is 0 Å². The van der Waals surface area contributed by atoms with Gasteiger partial charge in [0.2, 0.25) is 10.0 Å². The summed E-state index contributed by atoms with van der Waals surface area (Å²) in [5, 5.41) is 0. The van der Waals surface area contributed by atoms with Gasteiger partial charge in [-0.3, -0.25) is 9.08 Å². The molecule has 5 rings (SSSR count). The van der Waals surface area contributed by atoms with Crippen LogP contribution < -0.4 is 4.74 Å². The lowest BCUT2D eigenvalue weighted by molar-refractivity contribution is -0.0630. The van der Waals surface area contributed by atoms with E-state index >= 15 is 0 Å². The van der Waals surface area contributed by atoms with Gasteiger partial charge in [-0.1, -0.05) is 77.9 Å². The molecule has 13 heteroatoms. The van der Waals surface area contributed by atoms with Gasteiger partial charge in [0.25, 0.3) is 10.1 Å². The number of benzene rings is 4. The molecule has 1 fully saturated rings. The van der Waals surface area contributed by atoms with Crippen molar-refractivity contribution >= 4 is 26.2 Å². The van der Waals surface area contributed by atoms with Gasteiger partial charge in [-0.05, 0) is 96.0 Å². The van der Waals surface area contributed by atoms with E-state index in [0.29, 0.717) is 17.9 Å². The molecule has 284 valence electrons. The summed E-state index contributed by atoms with van der Waals surface area (Å²) in [5.41, 5.74) is 1.16. The molecule has 0 aliphatic carbocycles. The van der Waals surface area contributed by atoms with E-state index in [2.05, 4.69) is 0 Å². The molecule has 0 aromatic heterocycles. The highest BCUT2D eigenvalue weighted by atomic mass is 32.2. The van der Waals surface area contributed by atoms with Crippen LogP contribution in [0.15, 0.2) is 113 Å². The van der Waals surface area contributed by atoms with E-state index in [1.807, 2.05) is 44.2 Å². The van der Waals surface area contributed by atoms with Crippen LogP contribution in [0.2, 0.25) is 0 Å². The largest absolute Gasteiger partial charge is 0.489 e. The molecule has 53 heavy (non-hydrogen) atoms. The second-order valence-electron chi connectivity index (χ2n) is 14.6. The molecular weight excluding hydrogens is 717 g/mol. The monoisotopic (exact) mass is 764 g/mol. The molecule has 1 heterocycles. The normalized spacial score (nSPS) is 16.8. The molecule has 1 aliphatic heterocycles. The number of sulfonamides is 1. The summed E-state index contributed by atoms with van der Waals surface area (Å²) >= 11 is 0. The van der Waals surface area contributed by atoms with Crippen molar-refractivity contribution in [2.24, 2.45) is 0 Å². The lowest BCUT2D eigenvalue weighted by Gasteiger charge is -2.38. The van der Waals surface area contributed by atoms with Gasteiger partial charge in [0.05, 0.1) is 35.1 Å². The molecule has 0 N–H and O–H groups in total. The van der Waals surface area contributed by atoms with Gasteiger partial charge in [-0.25, -0.2) is 13.2 Å². The minimum Gasteiger partial charge on any atom is -0.489 e. The molecule has 4 aromatic carbocycles. The fourth-order valence-corrected chi connectivity index (χ4v) is 8.49. The standard InChI is InChI=1S/C40H48N2O9S2/c1-29-13-21-35(22-14-29)52(44,45)41(25-33-27-49-40(6,7)42(33)38(43)51-39(3,4)5)37(28-50-53(46,47)36-23-15-30(2)16-24-36)32-17-19-34(20-18-32)48-26-31-11-9-8-10-12-31/h8-24,33,37H,25-28H2,1-7H3/t33-,37+/m1/s1. The van der Waals surface area contributed by atoms with Gasteiger partial charge in [0.15, 0.2) is 0 Å². The van der Waals surface area contributed by atoms with Gasteiger partial charge in [0.1, 0.15) is 23.7 Å². The number of nitrogens with zero attached hydrogens (tertiary/aromatic N) is 2. The summed E-state index contributed by atoms with van der Waals surface area (Å²) in [6.45, 7) is 11.8. The Labute approximate surface area is 313 Å². The van der Waals surface area contributed by atoms with Crippen LogP contribution in [0.4, 0.5) is 4.79 Å². The Bertz CT molecular complexity index is 2060. The number of hydrogen-bond acceptors (Lipinski definition) is 9. The summed E-state index contributed by atoms with van der Waals surface area (Å²) in [6.07, 6.45) is -0.674. The number of aryl methyl sites for hydroxylation is 2. The third kappa shape index (κ3) is 10.0. The van der Waals surface area contributed by atoms with Crippen LogP contribution in [0.3, 0.4) is 0 Å². The minimum absolute atomic E-state index is 0.00628. The van der Waals surface area contributed by atoms with Crippen molar-refractivity contribution < 1.29 is 40.0 Å². The zero-order valence-corrected chi connectivity index (χ0v) is 32.8. The molecule has 1 saturated heterocycles. The third-order valence-corrected chi connectivity index (χ3v) is 11.9. The Kier molecular flexibility index (Phi) is 12.0. The Morgan fingerprint density at radius 1 is 0.849 bits per heavy atom. The maximum atomic E-state index is 14.8. The first kappa shape index (κ1) is 39.9. The van der Waals surface area contributed by atoms with E-state index in [0.717, 1.165) is 16.7 Å². The molecule has 0 unspecified atom stereocenters. The first-order valence-corrected chi connectivity index (χ1v) is 20.2. The number of hydrogen-bond donors (Lipinski definition) is 0. The highest BCUT2D eigenvalue weighted by Crippen LogP contribution is 2.35. The number of carbonyl (C=O) groups excluding carboxylic acids is 1. The first-order chi connectivity index (χ1) is 24.9. The summed E-state index contributed by atoms with van der Waals surface area (Å²) in [6, 6.07) is 27.0. The molecule has 1 amide bonds. The summed E-state index contributed by atoms with van der Waals surface area (Å²) in [7, 11) is -8.70. The molecule has 0 bridgehead atoms. The van der Waals surface area contributed by atoms with E-state index in [9.17, 15) is 21.6 Å². The van der Waals surface area contributed by atoms with E-state index in [1.54, 1.807) is 83.1 Å². The van der Waals surface area contributed by atoms with E-state index in [4.69, 9.17) is 18.4 Å². The maximum absolute atomic E-state index is 14.8. The average molecular weight is 765 g/mol. The maximum Gasteiger partial charge on any atom is 0.412 e. The van der Waals surface area contributed by atoms with Crippen LogP contribution in [0.25, 0.3) is 0 Å². The van der Waals surface area contributed by atoms with Gasteiger partial charge < -0.3 is 14.2 Å². The summed E-state index contributed by atoms with van der Waals surface area (Å²) < 4.78 is 81.3. The lowest BCUT2D eigenvalue weighted by atomic mass is 10.1. The highest BCUT2D eigenvalue weighted by Gasteiger charge is 2.48. The van der Waals surface area contributed by atoms with E-state index in [1.165, 1.54) is 33.5 Å². The highest BCUT2D eigenvalue weighted by molar-refractivity contribution is 7.89. The fourth-order valence-electron chi connectivity index (χ4n) is 5.94. The van der Waals surface area contributed by atoms with Crippen molar-refractivity contribution in [3.05, 3.63) is 125 Å². The van der Waals surface area contributed by atoms with Gasteiger partial charge >= 0.3 is 6.09 Å². The fraction of sp³-hybridized carbons (Fsp3) is 0.375. The SMILES string of the molecule is Cc1ccc(S(=O)(=O)OC[C@@H](c2ccc(OCc3ccccc3)cc2)N(C[C@@H]2COC(C)(C)N2C(=O)OC(C)(C)C)S(=O)(=O)c2ccc(C)cc2)cc1. The number of carbonyl (C=O) groups is 1. The van der Waals surface area contributed by atoms with Gasteiger partial charge in [-0.2, -0.15) is 12.7 Å². The number of rotatable bonds is 13. The van der Waals surface area contributed by atoms with Crippen LogP contribution in [0.5, 0.6) is 5.75 Å². The van der Waals surface area contributed by atoms with Crippen LogP contribution >= 0.6 is 0 Å². The van der Waals surface area contributed by atoms with Crippen molar-refractivity contribution in [1.82, 2.24) is 9.21 Å². The van der Waals surface area contributed by atoms with Crippen LogP contribution in [0, 0.1) is 13.8 Å². The Balaban J connectivity index is 1.58. The zero-order valence-electron chi connectivity index (χ0n) is 31.2. The molecule has 0 saturated carbocycles.